The molecule has 2 aromatic rings. The summed E-state index contributed by atoms with van der Waals surface area (Å²) in [7, 11) is 0. The third-order valence-electron chi connectivity index (χ3n) is 4.45. The molecule has 5 heteroatoms. The molecule has 0 aromatic heterocycles. The molecule has 5 nitrogen and oxygen atoms in total. The van der Waals surface area contributed by atoms with Gasteiger partial charge in [-0.2, -0.15) is 0 Å². The van der Waals surface area contributed by atoms with E-state index in [9.17, 15) is 14.4 Å². The van der Waals surface area contributed by atoms with Gasteiger partial charge in [-0.25, -0.2) is 4.79 Å². The largest absolute Gasteiger partial charge is 0.462 e. The standard InChI is InChI=1S/C21H20O5/c22-11-5-1-2-6-12-26-21(25)14-9-10-17-18(13-14)20(24)16-8-4-3-7-15(16)19(17)23/h3-4,7-10,13,22H,1-2,5-6,11-12H2. The predicted molar refractivity (Wildman–Crippen MR) is 95.6 cm³/mol. The maximum Gasteiger partial charge on any atom is 0.338 e. The van der Waals surface area contributed by atoms with Crippen molar-refractivity contribution < 1.29 is 24.2 Å². The number of unbranched alkanes of at least 4 members (excludes halogenated alkanes) is 3. The molecule has 0 aliphatic heterocycles. The van der Waals surface area contributed by atoms with Crippen molar-refractivity contribution >= 4 is 17.5 Å². The zero-order chi connectivity index (χ0) is 18.5. The van der Waals surface area contributed by atoms with E-state index in [0.717, 1.165) is 25.7 Å². The summed E-state index contributed by atoms with van der Waals surface area (Å²) >= 11 is 0. The van der Waals surface area contributed by atoms with Gasteiger partial charge in [0.1, 0.15) is 0 Å². The molecule has 1 aliphatic carbocycles. The number of benzene rings is 2. The number of esters is 1. The Morgan fingerprint density at radius 3 is 2.12 bits per heavy atom. The molecule has 0 fully saturated rings. The Bertz CT molecular complexity index is 853. The molecule has 0 atom stereocenters. The van der Waals surface area contributed by atoms with Gasteiger partial charge in [0, 0.05) is 28.9 Å². The van der Waals surface area contributed by atoms with Gasteiger partial charge in [-0.15, -0.1) is 0 Å². The van der Waals surface area contributed by atoms with Gasteiger partial charge in [0.15, 0.2) is 11.6 Å². The topological polar surface area (TPSA) is 80.7 Å². The maximum absolute atomic E-state index is 12.7. The molecule has 2 aromatic carbocycles. The fourth-order valence-electron chi connectivity index (χ4n) is 3.04. The first-order valence-corrected chi connectivity index (χ1v) is 8.74. The van der Waals surface area contributed by atoms with Crippen LogP contribution in [0.4, 0.5) is 0 Å². The second kappa shape index (κ2) is 8.06. The fourth-order valence-corrected chi connectivity index (χ4v) is 3.04. The monoisotopic (exact) mass is 352 g/mol. The molecule has 26 heavy (non-hydrogen) atoms. The Kier molecular flexibility index (Phi) is 5.58. The predicted octanol–water partition coefficient (Wildman–Crippen LogP) is 3.17. The van der Waals surface area contributed by atoms with Crippen LogP contribution in [-0.4, -0.2) is 35.9 Å². The fraction of sp³-hybridized carbons (Fsp3) is 0.286. The molecule has 0 radical (unpaired) electrons. The smallest absolute Gasteiger partial charge is 0.338 e. The van der Waals surface area contributed by atoms with Crippen LogP contribution in [0.3, 0.4) is 0 Å². The molecule has 0 heterocycles. The average Bonchev–Trinajstić information content (AvgIpc) is 2.68. The number of ketones is 2. The highest BCUT2D eigenvalue weighted by molar-refractivity contribution is 6.28. The van der Waals surface area contributed by atoms with Gasteiger partial charge >= 0.3 is 5.97 Å². The lowest BCUT2D eigenvalue weighted by Gasteiger charge is -2.17. The SMILES string of the molecule is O=C(OCCCCCCO)c1ccc2c(c1)C(=O)c1ccccc1C2=O. The van der Waals surface area contributed by atoms with Crippen molar-refractivity contribution in [2.45, 2.75) is 25.7 Å². The normalized spacial score (nSPS) is 12.5. The quantitative estimate of drug-likeness (QED) is 0.522. The summed E-state index contributed by atoms with van der Waals surface area (Å²) in [5, 5.41) is 8.72. The minimum Gasteiger partial charge on any atom is -0.462 e. The molecule has 1 N–H and O–H groups in total. The number of fused-ring (bicyclic) bond motifs is 2. The average molecular weight is 352 g/mol. The van der Waals surface area contributed by atoms with Gasteiger partial charge in [0.2, 0.25) is 0 Å². The van der Waals surface area contributed by atoms with E-state index in [0.29, 0.717) is 16.7 Å². The number of hydrogen-bond donors (Lipinski definition) is 1. The second-order valence-electron chi connectivity index (χ2n) is 6.24. The van der Waals surface area contributed by atoms with E-state index in [1.807, 2.05) is 0 Å². The summed E-state index contributed by atoms with van der Waals surface area (Å²) in [6, 6.07) is 11.2. The molecule has 0 unspecified atom stereocenters. The van der Waals surface area contributed by atoms with Gasteiger partial charge in [-0.3, -0.25) is 9.59 Å². The van der Waals surface area contributed by atoms with Gasteiger partial charge in [0.05, 0.1) is 12.2 Å². The van der Waals surface area contributed by atoms with Crippen molar-refractivity contribution in [2.75, 3.05) is 13.2 Å². The Morgan fingerprint density at radius 1 is 0.808 bits per heavy atom. The molecule has 134 valence electrons. The summed E-state index contributed by atoms with van der Waals surface area (Å²) < 4.78 is 5.23. The van der Waals surface area contributed by atoms with Crippen LogP contribution in [0, 0.1) is 0 Å². The number of aliphatic hydroxyl groups excluding tert-OH is 1. The van der Waals surface area contributed by atoms with Crippen LogP contribution in [-0.2, 0) is 4.74 Å². The molecule has 3 rings (SSSR count). The molecule has 0 saturated heterocycles. The van der Waals surface area contributed by atoms with Crippen LogP contribution in [0.2, 0.25) is 0 Å². The number of carbonyl (C=O) groups is 3. The lowest BCUT2D eigenvalue weighted by atomic mass is 9.83. The van der Waals surface area contributed by atoms with Crippen LogP contribution in [0.1, 0.15) is 67.9 Å². The Morgan fingerprint density at radius 2 is 1.42 bits per heavy atom. The van der Waals surface area contributed by atoms with Crippen LogP contribution >= 0.6 is 0 Å². The van der Waals surface area contributed by atoms with E-state index in [1.165, 1.54) is 18.2 Å². The lowest BCUT2D eigenvalue weighted by molar-refractivity contribution is 0.0497. The number of ether oxygens (including phenoxy) is 1. The number of rotatable bonds is 7. The van der Waals surface area contributed by atoms with Gasteiger partial charge < -0.3 is 9.84 Å². The Balaban J connectivity index is 1.72. The molecule has 1 aliphatic rings. The minimum absolute atomic E-state index is 0.171. The summed E-state index contributed by atoms with van der Waals surface area (Å²) in [6.45, 7) is 0.460. The molecular weight excluding hydrogens is 332 g/mol. The van der Waals surface area contributed by atoms with Gasteiger partial charge in [-0.1, -0.05) is 30.7 Å². The van der Waals surface area contributed by atoms with Crippen LogP contribution in [0.5, 0.6) is 0 Å². The molecule has 0 spiro atoms. The van der Waals surface area contributed by atoms with E-state index in [-0.39, 0.29) is 35.9 Å². The first-order chi connectivity index (χ1) is 12.6. The number of aliphatic hydroxyl groups is 1. The number of hydrogen-bond acceptors (Lipinski definition) is 5. The van der Waals surface area contributed by atoms with E-state index in [4.69, 9.17) is 9.84 Å². The Hall–Kier alpha value is -2.79. The van der Waals surface area contributed by atoms with Crippen LogP contribution in [0.15, 0.2) is 42.5 Å². The van der Waals surface area contributed by atoms with Crippen molar-refractivity contribution in [1.82, 2.24) is 0 Å². The first-order valence-electron chi connectivity index (χ1n) is 8.74. The summed E-state index contributed by atoms with van der Waals surface area (Å²) in [4.78, 5) is 37.4. The second-order valence-corrected chi connectivity index (χ2v) is 6.24. The molecule has 0 saturated carbocycles. The number of carbonyl (C=O) groups excluding carboxylic acids is 3. The van der Waals surface area contributed by atoms with E-state index in [2.05, 4.69) is 0 Å². The van der Waals surface area contributed by atoms with Crippen LogP contribution in [0.25, 0.3) is 0 Å². The highest BCUT2D eigenvalue weighted by Gasteiger charge is 2.30. The summed E-state index contributed by atoms with van der Waals surface area (Å²) in [6.07, 6.45) is 3.24. The molecular formula is C21H20O5. The molecule has 0 bridgehead atoms. The van der Waals surface area contributed by atoms with Crippen molar-refractivity contribution in [3.8, 4) is 0 Å². The Labute approximate surface area is 151 Å². The highest BCUT2D eigenvalue weighted by Crippen LogP contribution is 2.28. The third kappa shape index (κ3) is 3.58. The van der Waals surface area contributed by atoms with Crippen molar-refractivity contribution in [1.29, 1.82) is 0 Å². The van der Waals surface area contributed by atoms with Gasteiger partial charge in [-0.05, 0) is 37.5 Å². The minimum atomic E-state index is -0.505. The third-order valence-corrected chi connectivity index (χ3v) is 4.45. The van der Waals surface area contributed by atoms with Gasteiger partial charge in [0.25, 0.3) is 0 Å². The van der Waals surface area contributed by atoms with Crippen molar-refractivity contribution in [2.24, 2.45) is 0 Å². The maximum atomic E-state index is 12.7. The highest BCUT2D eigenvalue weighted by atomic mass is 16.5. The van der Waals surface area contributed by atoms with Crippen molar-refractivity contribution in [3.63, 3.8) is 0 Å². The van der Waals surface area contributed by atoms with Crippen LogP contribution < -0.4 is 0 Å². The van der Waals surface area contributed by atoms with E-state index >= 15 is 0 Å². The van der Waals surface area contributed by atoms with E-state index < -0.39 is 5.97 Å². The molecule has 0 amide bonds. The first kappa shape index (κ1) is 18.0. The van der Waals surface area contributed by atoms with Crippen molar-refractivity contribution in [3.05, 3.63) is 70.3 Å². The lowest BCUT2D eigenvalue weighted by Crippen LogP contribution is -2.21. The van der Waals surface area contributed by atoms with E-state index in [1.54, 1.807) is 24.3 Å². The summed E-state index contributed by atoms with van der Waals surface area (Å²) in [5.41, 5.74) is 1.57. The zero-order valence-electron chi connectivity index (χ0n) is 14.4. The zero-order valence-corrected chi connectivity index (χ0v) is 14.4. The summed E-state index contributed by atoms with van der Waals surface area (Å²) in [5.74, 6) is -0.970.